The molecule has 0 aliphatic carbocycles. The normalized spacial score (nSPS) is 17.6. The third-order valence-electron chi connectivity index (χ3n) is 3.06. The Labute approximate surface area is 115 Å². The molecule has 0 saturated carbocycles. The summed E-state index contributed by atoms with van der Waals surface area (Å²) in [6.07, 6.45) is 0. The molecule has 0 amide bonds. The average molecular weight is 264 g/mol. The first-order valence-corrected chi connectivity index (χ1v) is 6.70. The lowest BCUT2D eigenvalue weighted by Crippen LogP contribution is -2.45. The second kappa shape index (κ2) is 5.21. The zero-order valence-corrected chi connectivity index (χ0v) is 12.3. The second-order valence-corrected chi connectivity index (χ2v) is 6.13. The Kier molecular flexibility index (Phi) is 3.80. The standard InChI is InChI=1S/C13H24N6/c1-13(2,3)17-10-9-11(16-12(14)15-10)19-7-5-18(4)6-8-19/h9H,5-8H2,1-4H3,(H3,14,15,16,17). The minimum atomic E-state index is -0.0415. The zero-order valence-electron chi connectivity index (χ0n) is 12.3. The number of aromatic nitrogens is 2. The summed E-state index contributed by atoms with van der Waals surface area (Å²) in [5.74, 6) is 2.02. The first kappa shape index (κ1) is 13.9. The molecule has 0 aromatic carbocycles. The lowest BCUT2D eigenvalue weighted by Gasteiger charge is -2.33. The zero-order chi connectivity index (χ0) is 14.0. The molecule has 1 fully saturated rings. The summed E-state index contributed by atoms with van der Waals surface area (Å²) >= 11 is 0. The molecule has 106 valence electrons. The summed E-state index contributed by atoms with van der Waals surface area (Å²) in [5.41, 5.74) is 5.77. The quantitative estimate of drug-likeness (QED) is 0.831. The predicted octanol–water partition coefficient (Wildman–Crippen LogP) is 1.02. The van der Waals surface area contributed by atoms with Gasteiger partial charge in [0, 0.05) is 37.8 Å². The van der Waals surface area contributed by atoms with Crippen molar-refractivity contribution in [2.24, 2.45) is 0 Å². The van der Waals surface area contributed by atoms with Crippen molar-refractivity contribution in [3.05, 3.63) is 6.07 Å². The van der Waals surface area contributed by atoms with E-state index < -0.39 is 0 Å². The van der Waals surface area contributed by atoms with Gasteiger partial charge in [-0.2, -0.15) is 9.97 Å². The van der Waals surface area contributed by atoms with Crippen molar-refractivity contribution in [3.63, 3.8) is 0 Å². The van der Waals surface area contributed by atoms with Crippen LogP contribution in [0.4, 0.5) is 17.6 Å². The van der Waals surface area contributed by atoms with Gasteiger partial charge in [0.15, 0.2) is 0 Å². The van der Waals surface area contributed by atoms with Gasteiger partial charge in [-0.25, -0.2) is 0 Å². The second-order valence-electron chi connectivity index (χ2n) is 6.13. The predicted molar refractivity (Wildman–Crippen MR) is 79.5 cm³/mol. The molecule has 19 heavy (non-hydrogen) atoms. The van der Waals surface area contributed by atoms with E-state index in [9.17, 15) is 0 Å². The van der Waals surface area contributed by atoms with Gasteiger partial charge in [0.1, 0.15) is 11.6 Å². The molecule has 1 aliphatic rings. The molecule has 1 aliphatic heterocycles. The Bertz CT molecular complexity index is 431. The molecular weight excluding hydrogens is 240 g/mol. The number of nitrogen functional groups attached to an aromatic ring is 1. The monoisotopic (exact) mass is 264 g/mol. The Hall–Kier alpha value is -1.56. The summed E-state index contributed by atoms with van der Waals surface area (Å²) in [6, 6.07) is 1.98. The van der Waals surface area contributed by atoms with Gasteiger partial charge in [0.25, 0.3) is 0 Å². The third kappa shape index (κ3) is 3.96. The highest BCUT2D eigenvalue weighted by Gasteiger charge is 2.18. The van der Waals surface area contributed by atoms with Crippen LogP contribution >= 0.6 is 0 Å². The summed E-state index contributed by atoms with van der Waals surface area (Å²) in [5, 5.41) is 3.34. The van der Waals surface area contributed by atoms with E-state index >= 15 is 0 Å². The van der Waals surface area contributed by atoms with Gasteiger partial charge in [0.05, 0.1) is 0 Å². The highest BCUT2D eigenvalue weighted by Crippen LogP contribution is 2.20. The minimum absolute atomic E-state index is 0.0415. The Morgan fingerprint density at radius 3 is 2.37 bits per heavy atom. The molecule has 2 heterocycles. The molecule has 6 heteroatoms. The van der Waals surface area contributed by atoms with Gasteiger partial charge >= 0.3 is 0 Å². The Balaban J connectivity index is 2.17. The SMILES string of the molecule is CN1CCN(c2cc(NC(C)(C)C)nc(N)n2)CC1. The van der Waals surface area contributed by atoms with Crippen LogP contribution in [0.25, 0.3) is 0 Å². The van der Waals surface area contributed by atoms with Crippen LogP contribution < -0.4 is 16.0 Å². The first-order chi connectivity index (χ1) is 8.83. The van der Waals surface area contributed by atoms with Crippen molar-refractivity contribution in [3.8, 4) is 0 Å². The van der Waals surface area contributed by atoms with Gasteiger partial charge in [-0.3, -0.25) is 0 Å². The van der Waals surface area contributed by atoms with Crippen LogP contribution in [0, 0.1) is 0 Å². The van der Waals surface area contributed by atoms with Crippen molar-refractivity contribution >= 4 is 17.6 Å². The number of nitrogens with zero attached hydrogens (tertiary/aromatic N) is 4. The highest BCUT2D eigenvalue weighted by atomic mass is 15.3. The summed E-state index contributed by atoms with van der Waals surface area (Å²) in [7, 11) is 2.14. The Morgan fingerprint density at radius 1 is 1.16 bits per heavy atom. The maximum Gasteiger partial charge on any atom is 0.223 e. The fourth-order valence-electron chi connectivity index (χ4n) is 2.10. The van der Waals surface area contributed by atoms with Crippen molar-refractivity contribution in [2.45, 2.75) is 26.3 Å². The van der Waals surface area contributed by atoms with Crippen LogP contribution in [0.1, 0.15) is 20.8 Å². The number of anilines is 3. The van der Waals surface area contributed by atoms with E-state index in [4.69, 9.17) is 5.73 Å². The first-order valence-electron chi connectivity index (χ1n) is 6.70. The molecule has 1 aromatic rings. The van der Waals surface area contributed by atoms with Crippen molar-refractivity contribution < 1.29 is 0 Å². The molecule has 2 rings (SSSR count). The van der Waals surface area contributed by atoms with E-state index in [0.717, 1.165) is 37.8 Å². The van der Waals surface area contributed by atoms with Crippen molar-refractivity contribution in [1.82, 2.24) is 14.9 Å². The number of piperazine rings is 1. The smallest absolute Gasteiger partial charge is 0.223 e. The van der Waals surface area contributed by atoms with Gasteiger partial charge in [-0.05, 0) is 27.8 Å². The van der Waals surface area contributed by atoms with Gasteiger partial charge in [-0.15, -0.1) is 0 Å². The lowest BCUT2D eigenvalue weighted by atomic mass is 10.1. The molecule has 0 unspecified atom stereocenters. The summed E-state index contributed by atoms with van der Waals surface area (Å²) in [6.45, 7) is 10.3. The van der Waals surface area contributed by atoms with E-state index in [2.05, 4.69) is 52.9 Å². The number of rotatable bonds is 2. The van der Waals surface area contributed by atoms with E-state index in [-0.39, 0.29) is 5.54 Å². The van der Waals surface area contributed by atoms with Crippen LogP contribution in [0.5, 0.6) is 0 Å². The maximum atomic E-state index is 5.81. The lowest BCUT2D eigenvalue weighted by molar-refractivity contribution is 0.312. The number of nitrogens with one attached hydrogen (secondary N) is 1. The fraction of sp³-hybridized carbons (Fsp3) is 0.692. The van der Waals surface area contributed by atoms with Gasteiger partial charge < -0.3 is 20.9 Å². The van der Waals surface area contributed by atoms with E-state index in [1.54, 1.807) is 0 Å². The number of likely N-dealkylation sites (N-methyl/N-ethyl adjacent to an activating group) is 1. The molecule has 0 spiro atoms. The minimum Gasteiger partial charge on any atom is -0.368 e. The molecule has 0 radical (unpaired) electrons. The van der Waals surface area contributed by atoms with Crippen LogP contribution in [0.3, 0.4) is 0 Å². The van der Waals surface area contributed by atoms with E-state index in [1.807, 2.05) is 6.07 Å². The molecule has 0 bridgehead atoms. The van der Waals surface area contributed by atoms with Gasteiger partial charge in [0.2, 0.25) is 5.95 Å². The maximum absolute atomic E-state index is 5.81. The van der Waals surface area contributed by atoms with Crippen molar-refractivity contribution in [2.75, 3.05) is 49.2 Å². The summed E-state index contributed by atoms with van der Waals surface area (Å²) in [4.78, 5) is 13.2. The Morgan fingerprint density at radius 2 is 1.79 bits per heavy atom. The van der Waals surface area contributed by atoms with Crippen molar-refractivity contribution in [1.29, 1.82) is 0 Å². The fourth-order valence-corrected chi connectivity index (χ4v) is 2.10. The van der Waals surface area contributed by atoms with Crippen LogP contribution in [0.15, 0.2) is 6.07 Å². The molecule has 3 N–H and O–H groups in total. The van der Waals surface area contributed by atoms with Gasteiger partial charge in [-0.1, -0.05) is 0 Å². The number of hydrogen-bond donors (Lipinski definition) is 2. The number of nitrogens with two attached hydrogens (primary N) is 1. The largest absolute Gasteiger partial charge is 0.368 e. The average Bonchev–Trinajstić information content (AvgIpc) is 2.26. The summed E-state index contributed by atoms with van der Waals surface area (Å²) < 4.78 is 0. The van der Waals surface area contributed by atoms with Crippen LogP contribution in [-0.2, 0) is 0 Å². The van der Waals surface area contributed by atoms with Crippen LogP contribution in [-0.4, -0.2) is 53.6 Å². The molecular formula is C13H24N6. The molecule has 6 nitrogen and oxygen atoms in total. The third-order valence-corrected chi connectivity index (χ3v) is 3.06. The topological polar surface area (TPSA) is 70.3 Å². The van der Waals surface area contributed by atoms with E-state index in [0.29, 0.717) is 5.95 Å². The van der Waals surface area contributed by atoms with E-state index in [1.165, 1.54) is 0 Å². The van der Waals surface area contributed by atoms with Crippen LogP contribution in [0.2, 0.25) is 0 Å². The molecule has 1 saturated heterocycles. The molecule has 0 atom stereocenters. The highest BCUT2D eigenvalue weighted by molar-refractivity contribution is 5.53. The number of hydrogen-bond acceptors (Lipinski definition) is 6. The molecule has 1 aromatic heterocycles.